The molecule has 196 valence electrons. The van der Waals surface area contributed by atoms with E-state index in [9.17, 15) is 14.3 Å². The highest BCUT2D eigenvalue weighted by Crippen LogP contribution is 2.32. The lowest BCUT2D eigenvalue weighted by molar-refractivity contribution is -0.120. The number of carbonyl (C=O) groups is 1. The molecule has 1 aliphatic heterocycles. The van der Waals surface area contributed by atoms with Crippen molar-refractivity contribution in [2.45, 2.75) is 19.9 Å². The number of amides is 1. The van der Waals surface area contributed by atoms with Crippen LogP contribution in [0.25, 0.3) is 10.9 Å². The third kappa shape index (κ3) is 5.46. The van der Waals surface area contributed by atoms with E-state index in [1.165, 1.54) is 12.1 Å². The van der Waals surface area contributed by atoms with Crippen LogP contribution >= 0.6 is 0 Å². The molecule has 0 spiro atoms. The van der Waals surface area contributed by atoms with E-state index in [2.05, 4.69) is 15.2 Å². The van der Waals surface area contributed by atoms with Crippen molar-refractivity contribution >= 4 is 33.9 Å². The summed E-state index contributed by atoms with van der Waals surface area (Å²) in [6, 6.07) is 21.5. The number of rotatable bonds is 7. The van der Waals surface area contributed by atoms with E-state index in [0.29, 0.717) is 34.4 Å². The number of aromatic nitrogens is 1. The highest BCUT2D eigenvalue weighted by Gasteiger charge is 2.23. The van der Waals surface area contributed by atoms with Crippen molar-refractivity contribution in [3.63, 3.8) is 0 Å². The third-order valence-electron chi connectivity index (χ3n) is 6.75. The lowest BCUT2D eigenvalue weighted by Gasteiger charge is -2.32. The van der Waals surface area contributed by atoms with Gasteiger partial charge in [-0.25, -0.2) is 9.38 Å². The Morgan fingerprint density at radius 3 is 2.45 bits per heavy atom. The Hall–Kier alpha value is -4.01. The Morgan fingerprint density at radius 2 is 1.76 bits per heavy atom. The summed E-state index contributed by atoms with van der Waals surface area (Å²) in [5.74, 6) is -0.395. The van der Waals surface area contributed by atoms with E-state index in [-0.39, 0.29) is 23.6 Å². The van der Waals surface area contributed by atoms with Crippen LogP contribution < -0.4 is 10.2 Å². The van der Waals surface area contributed by atoms with Gasteiger partial charge in [-0.3, -0.25) is 9.69 Å². The molecule has 0 radical (unpaired) electrons. The topological polar surface area (TPSA) is 84.0 Å². The summed E-state index contributed by atoms with van der Waals surface area (Å²) in [6.07, 6.45) is 0. The average molecular weight is 514 g/mol. The zero-order valence-electron chi connectivity index (χ0n) is 21.6. The van der Waals surface area contributed by atoms with Crippen molar-refractivity contribution in [2.75, 3.05) is 37.6 Å². The average Bonchev–Trinajstić information content (AvgIpc) is 3.23. The summed E-state index contributed by atoms with van der Waals surface area (Å²) < 4.78 is 13.8. The standard InChI is InChI=1S/C30H32FN5O2/c1-20(2)36(27(37)19-35-16-14-32-15-17-35)24-11-9-23(10-12-24)33-29(21-6-4-3-5-7-21)28-25-13-8-22(31)18-26(25)34-30(28)38/h3-13,18,20,32,34,38H,14-17,19H2,1-2H3. The maximum absolute atomic E-state index is 13.8. The summed E-state index contributed by atoms with van der Waals surface area (Å²) in [7, 11) is 0. The van der Waals surface area contributed by atoms with Gasteiger partial charge in [0.05, 0.1) is 29.0 Å². The highest BCUT2D eigenvalue weighted by atomic mass is 19.1. The molecular formula is C30H32FN5O2. The summed E-state index contributed by atoms with van der Waals surface area (Å²) in [5.41, 5.74) is 3.85. The van der Waals surface area contributed by atoms with Crippen LogP contribution in [0, 0.1) is 5.82 Å². The largest absolute Gasteiger partial charge is 0.494 e. The predicted molar refractivity (Wildman–Crippen MR) is 150 cm³/mol. The van der Waals surface area contributed by atoms with Crippen LogP contribution in [0.3, 0.4) is 0 Å². The molecule has 1 amide bonds. The molecule has 3 aromatic carbocycles. The summed E-state index contributed by atoms with van der Waals surface area (Å²) in [5, 5.41) is 14.8. The number of H-pyrrole nitrogens is 1. The van der Waals surface area contributed by atoms with E-state index in [4.69, 9.17) is 4.99 Å². The number of halogens is 1. The van der Waals surface area contributed by atoms with Crippen LogP contribution in [0.4, 0.5) is 15.8 Å². The van der Waals surface area contributed by atoms with Crippen molar-refractivity contribution in [1.82, 2.24) is 15.2 Å². The number of fused-ring (bicyclic) bond motifs is 1. The third-order valence-corrected chi connectivity index (χ3v) is 6.75. The molecule has 0 saturated carbocycles. The van der Waals surface area contributed by atoms with Crippen molar-refractivity contribution < 1.29 is 14.3 Å². The number of carbonyl (C=O) groups excluding carboxylic acids is 1. The number of benzene rings is 3. The van der Waals surface area contributed by atoms with Crippen LogP contribution in [0.2, 0.25) is 0 Å². The van der Waals surface area contributed by atoms with Crippen LogP contribution in [0.5, 0.6) is 5.88 Å². The van der Waals surface area contributed by atoms with Crippen molar-refractivity contribution in [2.24, 2.45) is 4.99 Å². The minimum atomic E-state index is -0.389. The van der Waals surface area contributed by atoms with Crippen molar-refractivity contribution in [3.05, 3.63) is 89.7 Å². The number of anilines is 1. The van der Waals surface area contributed by atoms with E-state index in [1.807, 2.05) is 73.3 Å². The molecule has 1 saturated heterocycles. The Bertz CT molecular complexity index is 1440. The summed E-state index contributed by atoms with van der Waals surface area (Å²) in [4.78, 5) is 25.0. The molecule has 3 N–H and O–H groups in total. The SMILES string of the molecule is CC(C)N(C(=O)CN1CCNCC1)c1ccc(N=C(c2ccccc2)c2c(O)[nH]c3cc(F)ccc23)cc1. The molecule has 2 heterocycles. The molecule has 5 rings (SSSR count). The second kappa shape index (κ2) is 11.2. The van der Waals surface area contributed by atoms with Gasteiger partial charge in [0, 0.05) is 48.9 Å². The smallest absolute Gasteiger partial charge is 0.241 e. The predicted octanol–water partition coefficient (Wildman–Crippen LogP) is 4.83. The van der Waals surface area contributed by atoms with Gasteiger partial charge in [0.2, 0.25) is 5.91 Å². The number of aliphatic imine (C=N–C) groups is 1. The molecule has 38 heavy (non-hydrogen) atoms. The number of hydrogen-bond donors (Lipinski definition) is 3. The van der Waals surface area contributed by atoms with Gasteiger partial charge < -0.3 is 20.3 Å². The quantitative estimate of drug-likeness (QED) is 0.309. The minimum absolute atomic E-state index is 0.00297. The number of aromatic amines is 1. The van der Waals surface area contributed by atoms with Gasteiger partial charge in [0.25, 0.3) is 0 Å². The molecule has 1 fully saturated rings. The van der Waals surface area contributed by atoms with Crippen LogP contribution in [-0.4, -0.2) is 65.4 Å². The first-order valence-corrected chi connectivity index (χ1v) is 12.9. The maximum atomic E-state index is 13.8. The monoisotopic (exact) mass is 513 g/mol. The van der Waals surface area contributed by atoms with E-state index >= 15 is 0 Å². The number of aromatic hydroxyl groups is 1. The van der Waals surface area contributed by atoms with E-state index in [1.54, 1.807) is 6.07 Å². The van der Waals surface area contributed by atoms with Gasteiger partial charge >= 0.3 is 0 Å². The molecule has 0 aliphatic carbocycles. The van der Waals surface area contributed by atoms with Crippen LogP contribution in [0.15, 0.2) is 77.8 Å². The number of nitrogens with zero attached hydrogens (tertiary/aromatic N) is 3. The molecular weight excluding hydrogens is 481 g/mol. The highest BCUT2D eigenvalue weighted by molar-refractivity contribution is 6.21. The lowest BCUT2D eigenvalue weighted by Crippen LogP contribution is -2.49. The molecule has 8 heteroatoms. The lowest BCUT2D eigenvalue weighted by atomic mass is 10.0. The number of hydrogen-bond acceptors (Lipinski definition) is 5. The zero-order valence-corrected chi connectivity index (χ0v) is 21.6. The molecule has 7 nitrogen and oxygen atoms in total. The first-order chi connectivity index (χ1) is 18.4. The van der Waals surface area contributed by atoms with Gasteiger partial charge in [0.15, 0.2) is 5.88 Å². The second-order valence-corrected chi connectivity index (χ2v) is 9.76. The molecule has 4 aromatic rings. The first-order valence-electron chi connectivity index (χ1n) is 12.9. The van der Waals surface area contributed by atoms with Crippen LogP contribution in [0.1, 0.15) is 25.0 Å². The normalized spacial score (nSPS) is 14.8. The fraction of sp³-hybridized carbons (Fsp3) is 0.267. The van der Waals surface area contributed by atoms with Crippen molar-refractivity contribution in [1.29, 1.82) is 0 Å². The molecule has 0 unspecified atom stereocenters. The fourth-order valence-electron chi connectivity index (χ4n) is 4.94. The van der Waals surface area contributed by atoms with Gasteiger partial charge in [-0.15, -0.1) is 0 Å². The Balaban J connectivity index is 1.49. The van der Waals surface area contributed by atoms with E-state index in [0.717, 1.165) is 37.4 Å². The first kappa shape index (κ1) is 25.6. The zero-order chi connectivity index (χ0) is 26.6. The van der Waals surface area contributed by atoms with Crippen LogP contribution in [-0.2, 0) is 4.79 Å². The maximum Gasteiger partial charge on any atom is 0.241 e. The Labute approximate surface area is 221 Å². The molecule has 1 aromatic heterocycles. The number of nitrogens with one attached hydrogen (secondary N) is 2. The number of piperazine rings is 1. The fourth-order valence-corrected chi connectivity index (χ4v) is 4.94. The Kier molecular flexibility index (Phi) is 7.53. The minimum Gasteiger partial charge on any atom is -0.494 e. The molecule has 1 aliphatic rings. The van der Waals surface area contributed by atoms with E-state index < -0.39 is 0 Å². The second-order valence-electron chi connectivity index (χ2n) is 9.76. The van der Waals surface area contributed by atoms with Gasteiger partial charge in [-0.1, -0.05) is 30.3 Å². The van der Waals surface area contributed by atoms with Gasteiger partial charge in [0.1, 0.15) is 5.82 Å². The molecule has 0 atom stereocenters. The molecule has 0 bridgehead atoms. The Morgan fingerprint density at radius 1 is 1.05 bits per heavy atom. The summed E-state index contributed by atoms with van der Waals surface area (Å²) >= 11 is 0. The van der Waals surface area contributed by atoms with Gasteiger partial charge in [-0.05, 0) is 56.3 Å². The van der Waals surface area contributed by atoms with Crippen molar-refractivity contribution in [3.8, 4) is 5.88 Å². The summed E-state index contributed by atoms with van der Waals surface area (Å²) in [6.45, 7) is 7.93. The van der Waals surface area contributed by atoms with Gasteiger partial charge in [-0.2, -0.15) is 0 Å².